The van der Waals surface area contributed by atoms with Crippen LogP contribution < -0.4 is 5.56 Å². The van der Waals surface area contributed by atoms with E-state index in [-0.39, 0.29) is 5.39 Å². The Kier molecular flexibility index (Phi) is 2.92. The lowest BCUT2D eigenvalue weighted by molar-refractivity contribution is -0.137. The third-order valence-corrected chi connectivity index (χ3v) is 2.97. The summed E-state index contributed by atoms with van der Waals surface area (Å²) in [6.45, 7) is 1.90. The highest BCUT2D eigenvalue weighted by atomic mass is 19.4. The SMILES string of the molecule is CCc1cn(C)c(=O)c2cc(C(F)(F)F)ccc12. The van der Waals surface area contributed by atoms with Crippen molar-refractivity contribution in [3.63, 3.8) is 0 Å². The average Bonchev–Trinajstić information content (AvgIpc) is 2.32. The second-order valence-electron chi connectivity index (χ2n) is 4.18. The van der Waals surface area contributed by atoms with Crippen LogP contribution >= 0.6 is 0 Å². The summed E-state index contributed by atoms with van der Waals surface area (Å²) < 4.78 is 39.2. The Balaban J connectivity index is 2.85. The summed E-state index contributed by atoms with van der Waals surface area (Å²) in [6, 6.07) is 3.32. The van der Waals surface area contributed by atoms with E-state index in [1.54, 1.807) is 13.2 Å². The van der Waals surface area contributed by atoms with Gasteiger partial charge in [0.05, 0.1) is 5.56 Å². The van der Waals surface area contributed by atoms with Gasteiger partial charge in [-0.2, -0.15) is 13.2 Å². The first-order chi connectivity index (χ1) is 8.34. The van der Waals surface area contributed by atoms with Gasteiger partial charge in [0.25, 0.3) is 5.56 Å². The predicted molar refractivity (Wildman–Crippen MR) is 63.6 cm³/mol. The first-order valence-corrected chi connectivity index (χ1v) is 5.54. The zero-order chi connectivity index (χ0) is 13.5. The number of pyridine rings is 1. The Morgan fingerprint density at radius 2 is 1.89 bits per heavy atom. The highest BCUT2D eigenvalue weighted by molar-refractivity contribution is 5.85. The maximum Gasteiger partial charge on any atom is 0.416 e. The Labute approximate surface area is 102 Å². The molecule has 0 saturated carbocycles. The van der Waals surface area contributed by atoms with Crippen LogP contribution in [0.2, 0.25) is 0 Å². The number of nitrogens with zero attached hydrogens (tertiary/aromatic N) is 1. The third-order valence-electron chi connectivity index (χ3n) is 2.97. The number of hydrogen-bond acceptors (Lipinski definition) is 1. The van der Waals surface area contributed by atoms with Gasteiger partial charge in [-0.3, -0.25) is 4.79 Å². The van der Waals surface area contributed by atoms with Gasteiger partial charge >= 0.3 is 6.18 Å². The maximum absolute atomic E-state index is 12.6. The summed E-state index contributed by atoms with van der Waals surface area (Å²) in [5, 5.41) is 0.709. The van der Waals surface area contributed by atoms with Gasteiger partial charge in [-0.15, -0.1) is 0 Å². The molecule has 96 valence electrons. The second-order valence-corrected chi connectivity index (χ2v) is 4.18. The lowest BCUT2D eigenvalue weighted by atomic mass is 10.0. The molecule has 0 unspecified atom stereocenters. The molecule has 0 aliphatic rings. The van der Waals surface area contributed by atoms with Crippen molar-refractivity contribution in [2.45, 2.75) is 19.5 Å². The molecule has 0 atom stereocenters. The monoisotopic (exact) mass is 255 g/mol. The van der Waals surface area contributed by atoms with Crippen LogP contribution in [-0.4, -0.2) is 4.57 Å². The van der Waals surface area contributed by atoms with E-state index >= 15 is 0 Å². The zero-order valence-electron chi connectivity index (χ0n) is 10.0. The molecule has 2 rings (SSSR count). The summed E-state index contributed by atoms with van der Waals surface area (Å²) in [5.41, 5.74) is -0.338. The van der Waals surface area contributed by atoms with Crippen LogP contribution in [-0.2, 0) is 19.6 Å². The van der Waals surface area contributed by atoms with Crippen LogP contribution in [0.25, 0.3) is 10.8 Å². The number of halogens is 3. The van der Waals surface area contributed by atoms with Crippen LogP contribution in [0.15, 0.2) is 29.2 Å². The fourth-order valence-corrected chi connectivity index (χ4v) is 2.01. The van der Waals surface area contributed by atoms with E-state index in [4.69, 9.17) is 0 Å². The molecule has 1 aromatic carbocycles. The molecule has 0 N–H and O–H groups in total. The second kappa shape index (κ2) is 4.15. The lowest BCUT2D eigenvalue weighted by Gasteiger charge is -2.11. The molecule has 0 amide bonds. The molecule has 1 aromatic heterocycles. The van der Waals surface area contributed by atoms with Crippen molar-refractivity contribution >= 4 is 10.8 Å². The molecule has 0 radical (unpaired) electrons. The number of hydrogen-bond donors (Lipinski definition) is 0. The molecule has 2 aromatic rings. The summed E-state index contributed by atoms with van der Waals surface area (Å²) >= 11 is 0. The molecule has 18 heavy (non-hydrogen) atoms. The third kappa shape index (κ3) is 2.00. The van der Waals surface area contributed by atoms with Crippen molar-refractivity contribution in [3.8, 4) is 0 Å². The molecule has 0 saturated heterocycles. The van der Waals surface area contributed by atoms with E-state index < -0.39 is 17.3 Å². The molecule has 2 nitrogen and oxygen atoms in total. The normalized spacial score (nSPS) is 12.1. The number of benzene rings is 1. The van der Waals surface area contributed by atoms with Gasteiger partial charge in [-0.1, -0.05) is 13.0 Å². The summed E-state index contributed by atoms with van der Waals surface area (Å²) in [7, 11) is 1.54. The van der Waals surface area contributed by atoms with Gasteiger partial charge in [0.15, 0.2) is 0 Å². The van der Waals surface area contributed by atoms with Gasteiger partial charge in [0.2, 0.25) is 0 Å². The smallest absolute Gasteiger partial charge is 0.318 e. The fourth-order valence-electron chi connectivity index (χ4n) is 2.01. The molecule has 1 heterocycles. The lowest BCUT2D eigenvalue weighted by Crippen LogP contribution is -2.18. The maximum atomic E-state index is 12.6. The van der Waals surface area contributed by atoms with Gasteiger partial charge in [0, 0.05) is 18.6 Å². The quantitative estimate of drug-likeness (QED) is 0.767. The topological polar surface area (TPSA) is 22.0 Å². The minimum atomic E-state index is -4.43. The van der Waals surface area contributed by atoms with E-state index in [1.807, 2.05) is 6.92 Å². The van der Waals surface area contributed by atoms with Crippen molar-refractivity contribution in [2.75, 3.05) is 0 Å². The first kappa shape index (κ1) is 12.7. The van der Waals surface area contributed by atoms with Gasteiger partial charge < -0.3 is 4.57 Å². The molecule has 0 bridgehead atoms. The van der Waals surface area contributed by atoms with Gasteiger partial charge in [-0.25, -0.2) is 0 Å². The fraction of sp³-hybridized carbons (Fsp3) is 0.308. The molecule has 0 aliphatic heterocycles. The van der Waals surface area contributed by atoms with E-state index in [1.165, 1.54) is 10.6 Å². The molecular weight excluding hydrogens is 243 g/mol. The van der Waals surface area contributed by atoms with E-state index in [0.29, 0.717) is 11.8 Å². The molecule has 0 spiro atoms. The number of alkyl halides is 3. The van der Waals surface area contributed by atoms with Crippen LogP contribution in [0.4, 0.5) is 13.2 Å². The predicted octanol–water partition coefficient (Wildman–Crippen LogP) is 3.12. The van der Waals surface area contributed by atoms with Gasteiger partial charge in [-0.05, 0) is 29.5 Å². The minimum absolute atomic E-state index is 0.117. The van der Waals surface area contributed by atoms with E-state index in [0.717, 1.165) is 17.7 Å². The highest BCUT2D eigenvalue weighted by Gasteiger charge is 2.30. The van der Waals surface area contributed by atoms with Crippen LogP contribution in [0, 0.1) is 0 Å². The Morgan fingerprint density at radius 1 is 1.22 bits per heavy atom. The molecule has 0 fully saturated rings. The average molecular weight is 255 g/mol. The van der Waals surface area contributed by atoms with Crippen LogP contribution in [0.5, 0.6) is 0 Å². The Bertz CT molecular complexity index is 656. The van der Waals surface area contributed by atoms with E-state index in [2.05, 4.69) is 0 Å². The van der Waals surface area contributed by atoms with Crippen LogP contribution in [0.3, 0.4) is 0 Å². The minimum Gasteiger partial charge on any atom is -0.318 e. The molecule has 5 heteroatoms. The van der Waals surface area contributed by atoms with Crippen molar-refractivity contribution in [1.29, 1.82) is 0 Å². The van der Waals surface area contributed by atoms with Crippen molar-refractivity contribution in [2.24, 2.45) is 7.05 Å². The van der Waals surface area contributed by atoms with Crippen LogP contribution in [0.1, 0.15) is 18.1 Å². The Hall–Kier alpha value is -1.78. The number of aromatic nitrogens is 1. The molecule has 0 aliphatic carbocycles. The number of rotatable bonds is 1. The molecular formula is C13H12F3NO. The summed E-state index contributed by atoms with van der Waals surface area (Å²) in [6.07, 6.45) is -2.10. The highest BCUT2D eigenvalue weighted by Crippen LogP contribution is 2.31. The largest absolute Gasteiger partial charge is 0.416 e. The number of aryl methyl sites for hydroxylation is 2. The zero-order valence-corrected chi connectivity index (χ0v) is 10.0. The van der Waals surface area contributed by atoms with Crippen molar-refractivity contribution < 1.29 is 13.2 Å². The van der Waals surface area contributed by atoms with E-state index in [9.17, 15) is 18.0 Å². The van der Waals surface area contributed by atoms with Crippen molar-refractivity contribution in [3.05, 3.63) is 45.9 Å². The Morgan fingerprint density at radius 3 is 2.44 bits per heavy atom. The number of fused-ring (bicyclic) bond motifs is 1. The summed E-state index contributed by atoms with van der Waals surface area (Å²) in [4.78, 5) is 11.9. The first-order valence-electron chi connectivity index (χ1n) is 5.54. The standard InChI is InChI=1S/C13H12F3NO/c1-3-8-7-17(2)12(18)11-6-9(13(14,15)16)4-5-10(8)11/h4-7H,3H2,1-2H3. The summed E-state index contributed by atoms with van der Waals surface area (Å²) in [5.74, 6) is 0. The van der Waals surface area contributed by atoms with Crippen molar-refractivity contribution in [1.82, 2.24) is 4.57 Å². The van der Waals surface area contributed by atoms with Gasteiger partial charge in [0.1, 0.15) is 0 Å².